The third-order valence-corrected chi connectivity index (χ3v) is 6.11. The van der Waals surface area contributed by atoms with Crippen molar-refractivity contribution in [1.29, 1.82) is 0 Å². The van der Waals surface area contributed by atoms with Crippen molar-refractivity contribution >= 4 is 16.8 Å². The van der Waals surface area contributed by atoms with Crippen LogP contribution in [0.1, 0.15) is 41.5 Å². The number of hydrogen-bond donors (Lipinski definition) is 2. The van der Waals surface area contributed by atoms with Gasteiger partial charge in [0.1, 0.15) is 0 Å². The maximum atomic E-state index is 13.0. The van der Waals surface area contributed by atoms with Gasteiger partial charge in [-0.1, -0.05) is 61.5 Å². The van der Waals surface area contributed by atoms with Crippen LogP contribution >= 0.6 is 0 Å². The van der Waals surface area contributed by atoms with Gasteiger partial charge in [-0.15, -0.1) is 0 Å². The van der Waals surface area contributed by atoms with Crippen LogP contribution < -0.4 is 14.8 Å². The van der Waals surface area contributed by atoms with Crippen molar-refractivity contribution in [1.82, 2.24) is 10.3 Å². The van der Waals surface area contributed by atoms with E-state index >= 15 is 0 Å². The minimum atomic E-state index is -0.110. The van der Waals surface area contributed by atoms with Crippen molar-refractivity contribution in [3.63, 3.8) is 0 Å². The van der Waals surface area contributed by atoms with E-state index in [0.29, 0.717) is 13.0 Å². The molecule has 5 heteroatoms. The Kier molecular flexibility index (Phi) is 5.55. The van der Waals surface area contributed by atoms with Gasteiger partial charge < -0.3 is 19.8 Å². The molecule has 0 unspecified atom stereocenters. The van der Waals surface area contributed by atoms with Crippen LogP contribution in [0, 0.1) is 0 Å². The first-order valence-electron chi connectivity index (χ1n) is 11.0. The maximum absolute atomic E-state index is 13.0. The van der Waals surface area contributed by atoms with Crippen molar-refractivity contribution in [2.24, 2.45) is 0 Å². The quantitative estimate of drug-likeness (QED) is 0.422. The van der Waals surface area contributed by atoms with Gasteiger partial charge in [-0.2, -0.15) is 0 Å². The first-order valence-corrected chi connectivity index (χ1v) is 11.0. The molecule has 3 aromatic carbocycles. The van der Waals surface area contributed by atoms with E-state index in [9.17, 15) is 4.79 Å². The number of amides is 1. The second kappa shape index (κ2) is 8.79. The van der Waals surface area contributed by atoms with Crippen molar-refractivity contribution in [2.45, 2.75) is 32.2 Å². The van der Waals surface area contributed by atoms with E-state index in [1.165, 1.54) is 5.56 Å². The highest BCUT2D eigenvalue weighted by Gasteiger charge is 2.24. The van der Waals surface area contributed by atoms with Crippen LogP contribution in [-0.4, -0.2) is 17.7 Å². The minimum Gasteiger partial charge on any atom is -0.454 e. The first-order chi connectivity index (χ1) is 15.7. The Labute approximate surface area is 187 Å². The van der Waals surface area contributed by atoms with Crippen LogP contribution in [0.5, 0.6) is 11.5 Å². The van der Waals surface area contributed by atoms with Crippen LogP contribution in [0.2, 0.25) is 0 Å². The van der Waals surface area contributed by atoms with Gasteiger partial charge in [0, 0.05) is 36.0 Å². The largest absolute Gasteiger partial charge is 0.454 e. The Hall–Kier alpha value is -3.73. The monoisotopic (exact) mass is 426 g/mol. The Morgan fingerprint density at radius 2 is 1.88 bits per heavy atom. The van der Waals surface area contributed by atoms with Crippen LogP contribution in [0.4, 0.5) is 0 Å². The van der Waals surface area contributed by atoms with Gasteiger partial charge in [0.25, 0.3) is 0 Å². The molecular weight excluding hydrogens is 400 g/mol. The third kappa shape index (κ3) is 3.94. The molecule has 162 valence electrons. The highest BCUT2D eigenvalue weighted by molar-refractivity contribution is 5.88. The van der Waals surface area contributed by atoms with E-state index < -0.39 is 0 Å². The van der Waals surface area contributed by atoms with Crippen molar-refractivity contribution in [3.05, 3.63) is 95.2 Å². The fourth-order valence-electron chi connectivity index (χ4n) is 4.41. The zero-order valence-corrected chi connectivity index (χ0v) is 18.1. The molecule has 32 heavy (non-hydrogen) atoms. The molecule has 1 aliphatic heterocycles. The van der Waals surface area contributed by atoms with E-state index in [1.807, 2.05) is 54.7 Å². The van der Waals surface area contributed by atoms with E-state index in [0.717, 1.165) is 45.5 Å². The van der Waals surface area contributed by atoms with Crippen LogP contribution in [0.15, 0.2) is 72.9 Å². The smallest absolute Gasteiger partial charge is 0.231 e. The number of carbonyl (C=O) groups excluding carboxylic acids is 1. The summed E-state index contributed by atoms with van der Waals surface area (Å²) in [5, 5.41) is 4.23. The Morgan fingerprint density at radius 1 is 1.03 bits per heavy atom. The number of aryl methyl sites for hydroxylation is 1. The lowest BCUT2D eigenvalue weighted by atomic mass is 9.87. The van der Waals surface area contributed by atoms with Crippen LogP contribution in [0.3, 0.4) is 0 Å². The molecule has 5 rings (SSSR count). The summed E-state index contributed by atoms with van der Waals surface area (Å²) < 4.78 is 11.1. The molecule has 0 radical (unpaired) electrons. The molecule has 2 heterocycles. The van der Waals surface area contributed by atoms with Gasteiger partial charge in [-0.05, 0) is 40.8 Å². The molecule has 2 N–H and O–H groups in total. The van der Waals surface area contributed by atoms with Gasteiger partial charge in [0.05, 0.1) is 0 Å². The number of H-pyrrole nitrogens is 1. The number of para-hydroxylation sites is 1. The molecule has 0 bridgehead atoms. The first kappa shape index (κ1) is 20.2. The topological polar surface area (TPSA) is 63.4 Å². The summed E-state index contributed by atoms with van der Waals surface area (Å²) in [6, 6.07) is 22.3. The van der Waals surface area contributed by atoms with E-state index in [2.05, 4.69) is 35.4 Å². The van der Waals surface area contributed by atoms with Crippen molar-refractivity contribution in [3.8, 4) is 11.5 Å². The molecule has 1 atom stereocenters. The molecule has 1 aromatic heterocycles. The van der Waals surface area contributed by atoms with Gasteiger partial charge in [0.2, 0.25) is 12.7 Å². The Balaban J connectivity index is 1.47. The number of aromatic amines is 1. The number of rotatable bonds is 7. The lowest BCUT2D eigenvalue weighted by Crippen LogP contribution is -2.25. The predicted molar refractivity (Wildman–Crippen MR) is 125 cm³/mol. The van der Waals surface area contributed by atoms with E-state index in [4.69, 9.17) is 9.47 Å². The molecule has 0 fully saturated rings. The number of hydrogen-bond acceptors (Lipinski definition) is 3. The SMILES string of the molecule is CCc1cccc2c([C@H](CC(=O)NCc3ccccc3)c3ccc4c(c3)OCO4)c[nH]c12. The van der Waals surface area contributed by atoms with E-state index in [1.54, 1.807) is 0 Å². The Morgan fingerprint density at radius 3 is 2.72 bits per heavy atom. The second-order valence-electron chi connectivity index (χ2n) is 8.07. The number of nitrogens with one attached hydrogen (secondary N) is 2. The molecule has 0 spiro atoms. The molecular formula is C27H26N2O3. The summed E-state index contributed by atoms with van der Waals surface area (Å²) in [5.41, 5.74) is 5.64. The van der Waals surface area contributed by atoms with Crippen molar-refractivity contribution in [2.75, 3.05) is 6.79 Å². The number of benzene rings is 3. The number of aromatic nitrogens is 1. The number of fused-ring (bicyclic) bond motifs is 2. The molecule has 1 amide bonds. The van der Waals surface area contributed by atoms with Crippen molar-refractivity contribution < 1.29 is 14.3 Å². The highest BCUT2D eigenvalue weighted by atomic mass is 16.7. The van der Waals surface area contributed by atoms with Gasteiger partial charge in [-0.3, -0.25) is 4.79 Å². The van der Waals surface area contributed by atoms with E-state index in [-0.39, 0.29) is 18.6 Å². The molecule has 4 aromatic rings. The molecule has 0 saturated carbocycles. The minimum absolute atomic E-state index is 0.0116. The molecule has 0 aliphatic carbocycles. The maximum Gasteiger partial charge on any atom is 0.231 e. The average molecular weight is 427 g/mol. The predicted octanol–water partition coefficient (Wildman–Crippen LogP) is 5.30. The average Bonchev–Trinajstić information content (AvgIpc) is 3.48. The fourth-order valence-corrected chi connectivity index (χ4v) is 4.41. The van der Waals surface area contributed by atoms with Gasteiger partial charge >= 0.3 is 0 Å². The summed E-state index contributed by atoms with van der Waals surface area (Å²) in [4.78, 5) is 16.5. The summed E-state index contributed by atoms with van der Waals surface area (Å²) in [7, 11) is 0. The second-order valence-corrected chi connectivity index (χ2v) is 8.07. The summed E-state index contributed by atoms with van der Waals surface area (Å²) >= 11 is 0. The van der Waals surface area contributed by atoms with Gasteiger partial charge in [-0.25, -0.2) is 0 Å². The lowest BCUT2D eigenvalue weighted by molar-refractivity contribution is -0.121. The van der Waals surface area contributed by atoms with Crippen LogP contribution in [0.25, 0.3) is 10.9 Å². The molecule has 5 nitrogen and oxygen atoms in total. The highest BCUT2D eigenvalue weighted by Crippen LogP contribution is 2.39. The Bertz CT molecular complexity index is 1250. The standard InChI is InChI=1S/C27H26N2O3/c1-2-19-9-6-10-21-23(16-29-27(19)21)22(20-11-12-24-25(13-20)32-17-31-24)14-26(30)28-15-18-7-4-3-5-8-18/h3-13,16,22,29H,2,14-15,17H2,1H3,(H,28,30)/t22-/m1/s1. The van der Waals surface area contributed by atoms with Gasteiger partial charge in [0.15, 0.2) is 11.5 Å². The fraction of sp³-hybridized carbons (Fsp3) is 0.222. The summed E-state index contributed by atoms with van der Waals surface area (Å²) in [6.07, 6.45) is 3.34. The molecule has 0 saturated heterocycles. The zero-order valence-electron chi connectivity index (χ0n) is 18.1. The molecule has 1 aliphatic rings. The summed E-state index contributed by atoms with van der Waals surface area (Å²) in [5.74, 6) is 1.37. The summed E-state index contributed by atoms with van der Waals surface area (Å²) in [6.45, 7) is 2.90. The number of ether oxygens (including phenoxy) is 2. The number of carbonyl (C=O) groups is 1. The lowest BCUT2D eigenvalue weighted by Gasteiger charge is -2.18. The van der Waals surface area contributed by atoms with Crippen LogP contribution in [-0.2, 0) is 17.8 Å². The normalized spacial score (nSPS) is 13.3. The third-order valence-electron chi connectivity index (χ3n) is 6.11. The zero-order chi connectivity index (χ0) is 21.9.